The van der Waals surface area contributed by atoms with Crippen molar-refractivity contribution in [1.82, 2.24) is 20.2 Å². The summed E-state index contributed by atoms with van der Waals surface area (Å²) >= 11 is 0. The molecule has 2 aromatic rings. The van der Waals surface area contributed by atoms with Crippen LogP contribution in [0.3, 0.4) is 0 Å². The molecule has 0 saturated carbocycles. The lowest BCUT2D eigenvalue weighted by Crippen LogP contribution is -2.47. The number of aliphatic hydroxyl groups is 1. The van der Waals surface area contributed by atoms with Gasteiger partial charge >= 0.3 is 6.09 Å². The van der Waals surface area contributed by atoms with Gasteiger partial charge in [-0.3, -0.25) is 9.78 Å². The van der Waals surface area contributed by atoms with E-state index < -0.39 is 30.3 Å². The van der Waals surface area contributed by atoms with E-state index in [1.807, 2.05) is 12.2 Å². The number of nitrogens with one attached hydrogen (secondary N) is 1. The second-order valence-electron chi connectivity index (χ2n) is 8.79. The maximum Gasteiger partial charge on any atom is 0.417 e. The largest absolute Gasteiger partial charge is 0.481 e. The van der Waals surface area contributed by atoms with Gasteiger partial charge in [-0.25, -0.2) is 14.7 Å². The molecule has 2 amide bonds. The Labute approximate surface area is 218 Å². The summed E-state index contributed by atoms with van der Waals surface area (Å²) in [5, 5.41) is 13.5. The predicted molar refractivity (Wildman–Crippen MR) is 134 cm³/mol. The Bertz CT molecular complexity index is 1370. The summed E-state index contributed by atoms with van der Waals surface area (Å²) in [5.74, 6) is 0.421. The number of nitrogens with zero attached hydrogens (tertiary/aromatic N) is 3. The second-order valence-corrected chi connectivity index (χ2v) is 8.79. The number of hydrogen-bond acceptors (Lipinski definition) is 10. The molecule has 12 nitrogen and oxygen atoms in total. The van der Waals surface area contributed by atoms with Crippen LogP contribution in [-0.4, -0.2) is 64.3 Å². The van der Waals surface area contributed by atoms with Crippen LogP contribution in [0.5, 0.6) is 5.88 Å². The normalized spacial score (nSPS) is 20.4. The number of aromatic nitrogens is 2. The minimum atomic E-state index is -1.37. The number of hydrogen-bond donors (Lipinski definition) is 3. The van der Waals surface area contributed by atoms with Crippen LogP contribution in [0, 0.1) is 0 Å². The first-order valence-electron chi connectivity index (χ1n) is 12.0. The summed E-state index contributed by atoms with van der Waals surface area (Å²) in [5.41, 5.74) is 8.26. The minimum Gasteiger partial charge on any atom is -0.481 e. The molecule has 1 fully saturated rings. The Morgan fingerprint density at radius 2 is 2.21 bits per heavy atom. The molecule has 0 bridgehead atoms. The first-order chi connectivity index (χ1) is 18.4. The zero-order valence-electron chi connectivity index (χ0n) is 20.6. The van der Waals surface area contributed by atoms with Crippen LogP contribution < -0.4 is 15.8 Å². The molecule has 3 atom stereocenters. The van der Waals surface area contributed by atoms with E-state index in [1.165, 1.54) is 30.7 Å². The van der Waals surface area contributed by atoms with E-state index in [9.17, 15) is 14.7 Å². The van der Waals surface area contributed by atoms with Gasteiger partial charge in [0.25, 0.3) is 0 Å². The Balaban J connectivity index is 1.18. The fourth-order valence-corrected chi connectivity index (χ4v) is 4.24. The summed E-state index contributed by atoms with van der Waals surface area (Å²) in [6.07, 6.45) is 9.24. The molecule has 2 aromatic heterocycles. The van der Waals surface area contributed by atoms with E-state index in [4.69, 9.17) is 24.7 Å². The van der Waals surface area contributed by atoms with Crippen molar-refractivity contribution in [2.45, 2.75) is 31.1 Å². The molecule has 1 saturated heterocycles. The van der Waals surface area contributed by atoms with Crippen molar-refractivity contribution in [3.8, 4) is 5.88 Å². The average Bonchev–Trinajstić information content (AvgIpc) is 3.35. The van der Waals surface area contributed by atoms with Crippen molar-refractivity contribution in [3.63, 3.8) is 0 Å². The first kappa shape index (κ1) is 25.2. The molecule has 1 aliphatic carbocycles. The van der Waals surface area contributed by atoms with Crippen LogP contribution in [0.4, 0.5) is 4.79 Å². The number of methoxy groups -OCH3 is 1. The number of cyclic esters (lactones) is 1. The average molecular weight is 522 g/mol. The number of ether oxygens (including phenoxy) is 4. The highest BCUT2D eigenvalue weighted by Crippen LogP contribution is 2.29. The van der Waals surface area contributed by atoms with E-state index in [0.717, 1.165) is 18.4 Å². The highest BCUT2D eigenvalue weighted by Gasteiger charge is 2.37. The van der Waals surface area contributed by atoms with Crippen LogP contribution in [0.15, 0.2) is 72.4 Å². The standard InChI is InChI=1S/C26H27N5O7/c1-35-20-8-7-18-23(30-20)17(9-10-28-18)24(32)22(27)25(33)29-11-16-12-31(26(34)37-16)21-14-36-13-19(38-21)15-5-3-2-4-6-15/h2-3,5,7-10,13-14,16,22,24,32H,4,6,11-12,27H2,1H3,(H,29,33)/t16-,22+,24+/m1/s1. The molecule has 38 heavy (non-hydrogen) atoms. The molecule has 3 aliphatic rings. The van der Waals surface area contributed by atoms with Crippen molar-refractivity contribution in [3.05, 3.63) is 77.9 Å². The van der Waals surface area contributed by atoms with E-state index in [0.29, 0.717) is 28.2 Å². The Morgan fingerprint density at radius 1 is 1.34 bits per heavy atom. The van der Waals surface area contributed by atoms with Crippen LogP contribution in [0.1, 0.15) is 24.5 Å². The lowest BCUT2D eigenvalue weighted by molar-refractivity contribution is -0.125. The highest BCUT2D eigenvalue weighted by molar-refractivity contribution is 5.85. The summed E-state index contributed by atoms with van der Waals surface area (Å²) in [6, 6.07) is 3.57. The topological polar surface area (TPSA) is 158 Å². The van der Waals surface area contributed by atoms with Gasteiger partial charge in [0.15, 0.2) is 12.0 Å². The van der Waals surface area contributed by atoms with Gasteiger partial charge in [-0.1, -0.05) is 18.2 Å². The fraction of sp³-hybridized carbons (Fsp3) is 0.308. The van der Waals surface area contributed by atoms with Gasteiger partial charge in [0.1, 0.15) is 24.5 Å². The van der Waals surface area contributed by atoms with Gasteiger partial charge in [-0.15, -0.1) is 0 Å². The SMILES string of the molecule is COc1ccc2nccc([C@H](O)[C@H](N)C(=O)NC[C@@H]3CN(C4=COC=C(C5=CC=CCC5)O4)C(=O)O3)c2n1. The zero-order chi connectivity index (χ0) is 26.6. The lowest BCUT2D eigenvalue weighted by atomic mass is 10.0. The summed E-state index contributed by atoms with van der Waals surface area (Å²) in [4.78, 5) is 35.1. The van der Waals surface area contributed by atoms with Crippen LogP contribution >= 0.6 is 0 Å². The minimum absolute atomic E-state index is 0.0164. The monoisotopic (exact) mass is 521 g/mol. The molecule has 5 rings (SSSR count). The predicted octanol–water partition coefficient (Wildman–Crippen LogP) is 1.90. The van der Waals surface area contributed by atoms with Crippen LogP contribution in [-0.2, 0) is 19.0 Å². The van der Waals surface area contributed by atoms with Crippen LogP contribution in [0.25, 0.3) is 11.0 Å². The molecule has 2 aliphatic heterocycles. The number of allylic oxidation sites excluding steroid dienone is 4. The number of nitrogens with two attached hydrogens (primary N) is 1. The molecular formula is C26H27N5O7. The van der Waals surface area contributed by atoms with Gasteiger partial charge in [-0.05, 0) is 30.5 Å². The number of carbonyl (C=O) groups is 2. The third-order valence-corrected chi connectivity index (χ3v) is 6.29. The third-order valence-electron chi connectivity index (χ3n) is 6.29. The van der Waals surface area contributed by atoms with Gasteiger partial charge in [0.05, 0.1) is 31.2 Å². The number of fused-ring (bicyclic) bond motifs is 1. The van der Waals surface area contributed by atoms with Gasteiger partial charge in [0, 0.05) is 17.8 Å². The van der Waals surface area contributed by atoms with E-state index in [2.05, 4.69) is 21.4 Å². The van der Waals surface area contributed by atoms with Crippen molar-refractivity contribution >= 4 is 23.0 Å². The fourth-order valence-electron chi connectivity index (χ4n) is 4.24. The Kier molecular flexibility index (Phi) is 7.24. The molecular weight excluding hydrogens is 494 g/mol. The molecule has 198 valence electrons. The first-order valence-corrected chi connectivity index (χ1v) is 12.0. The zero-order valence-corrected chi connectivity index (χ0v) is 20.6. The van der Waals surface area contributed by atoms with Crippen molar-refractivity contribution in [2.24, 2.45) is 5.73 Å². The third kappa shape index (κ3) is 5.17. The number of amides is 2. The maximum absolute atomic E-state index is 12.8. The molecule has 0 spiro atoms. The molecule has 4 N–H and O–H groups in total. The Morgan fingerprint density at radius 3 is 3.00 bits per heavy atom. The van der Waals surface area contributed by atoms with Crippen molar-refractivity contribution < 1.29 is 33.6 Å². The molecule has 0 aromatic carbocycles. The number of rotatable bonds is 8. The second kappa shape index (κ2) is 10.9. The van der Waals surface area contributed by atoms with E-state index in [1.54, 1.807) is 18.2 Å². The maximum atomic E-state index is 12.8. The van der Waals surface area contributed by atoms with Gasteiger partial charge in [0.2, 0.25) is 17.7 Å². The molecule has 12 heteroatoms. The van der Waals surface area contributed by atoms with E-state index in [-0.39, 0.29) is 19.0 Å². The van der Waals surface area contributed by atoms with E-state index >= 15 is 0 Å². The van der Waals surface area contributed by atoms with Crippen LogP contribution in [0.2, 0.25) is 0 Å². The highest BCUT2D eigenvalue weighted by atomic mass is 16.6. The summed E-state index contributed by atoms with van der Waals surface area (Å²) in [7, 11) is 1.47. The van der Waals surface area contributed by atoms with Gasteiger partial charge < -0.3 is 35.1 Å². The molecule has 4 heterocycles. The van der Waals surface area contributed by atoms with Crippen molar-refractivity contribution in [1.29, 1.82) is 0 Å². The molecule has 0 unspecified atom stereocenters. The Hall–Kier alpha value is -4.42. The number of pyridine rings is 2. The van der Waals surface area contributed by atoms with Gasteiger partial charge in [-0.2, -0.15) is 0 Å². The smallest absolute Gasteiger partial charge is 0.417 e. The summed E-state index contributed by atoms with van der Waals surface area (Å²) in [6.45, 7) is 0.106. The summed E-state index contributed by atoms with van der Waals surface area (Å²) < 4.78 is 21.8. The number of aliphatic hydroxyl groups excluding tert-OH is 1. The van der Waals surface area contributed by atoms with Crippen molar-refractivity contribution in [2.75, 3.05) is 20.2 Å². The molecule has 0 radical (unpaired) electrons. The number of carbonyl (C=O) groups excluding carboxylic acids is 2. The quantitative estimate of drug-likeness (QED) is 0.468. The lowest BCUT2D eigenvalue weighted by Gasteiger charge is -2.23.